The van der Waals surface area contributed by atoms with Crippen molar-refractivity contribution < 1.29 is 0 Å². The summed E-state index contributed by atoms with van der Waals surface area (Å²) in [4.78, 5) is 14.5. The summed E-state index contributed by atoms with van der Waals surface area (Å²) in [6.07, 6.45) is 7.73. The van der Waals surface area contributed by atoms with Gasteiger partial charge >= 0.3 is 0 Å². The maximum Gasteiger partial charge on any atom is 0.267 e. The number of aryl methyl sites for hydroxylation is 2. The van der Waals surface area contributed by atoms with Crippen molar-refractivity contribution in [3.8, 4) is 6.07 Å². The SMILES string of the molecule is N#Cc1ccnnc1N1CCC(Cn2nc3c(cc2=O)CCCC3)CC1. The van der Waals surface area contributed by atoms with Crippen molar-refractivity contribution >= 4 is 5.82 Å². The number of nitriles is 1. The number of anilines is 1. The van der Waals surface area contributed by atoms with Gasteiger partial charge in [-0.25, -0.2) is 4.68 Å². The normalized spacial score (nSPS) is 17.6. The van der Waals surface area contributed by atoms with Crippen molar-refractivity contribution in [2.24, 2.45) is 5.92 Å². The Morgan fingerprint density at radius 3 is 2.85 bits per heavy atom. The molecular weight excluding hydrogens is 328 g/mol. The van der Waals surface area contributed by atoms with Gasteiger partial charge in [0.25, 0.3) is 5.56 Å². The molecular formula is C19H22N6O. The third kappa shape index (κ3) is 3.32. The van der Waals surface area contributed by atoms with E-state index in [1.807, 2.05) is 0 Å². The first-order valence-electron chi connectivity index (χ1n) is 9.31. The molecule has 7 heteroatoms. The van der Waals surface area contributed by atoms with Gasteiger partial charge in [-0.15, -0.1) is 5.10 Å². The first kappa shape index (κ1) is 16.7. The summed E-state index contributed by atoms with van der Waals surface area (Å²) >= 11 is 0. The molecule has 1 saturated heterocycles. The van der Waals surface area contributed by atoms with Gasteiger partial charge in [-0.3, -0.25) is 4.79 Å². The van der Waals surface area contributed by atoms with Crippen LogP contribution in [-0.4, -0.2) is 33.1 Å². The van der Waals surface area contributed by atoms with E-state index >= 15 is 0 Å². The quantitative estimate of drug-likeness (QED) is 0.837. The lowest BCUT2D eigenvalue weighted by atomic mass is 9.95. The Morgan fingerprint density at radius 1 is 1.23 bits per heavy atom. The van der Waals surface area contributed by atoms with Gasteiger partial charge < -0.3 is 4.90 Å². The van der Waals surface area contributed by atoms with Crippen molar-refractivity contribution in [2.75, 3.05) is 18.0 Å². The van der Waals surface area contributed by atoms with Crippen LogP contribution in [0.1, 0.15) is 42.5 Å². The highest BCUT2D eigenvalue weighted by atomic mass is 16.1. The van der Waals surface area contributed by atoms with Gasteiger partial charge in [0.15, 0.2) is 5.82 Å². The fourth-order valence-electron chi connectivity index (χ4n) is 3.95. The van der Waals surface area contributed by atoms with E-state index < -0.39 is 0 Å². The third-order valence-electron chi connectivity index (χ3n) is 5.44. The van der Waals surface area contributed by atoms with E-state index in [1.165, 1.54) is 0 Å². The van der Waals surface area contributed by atoms with Crippen LogP contribution < -0.4 is 10.5 Å². The molecule has 0 unspecified atom stereocenters. The maximum atomic E-state index is 12.4. The molecule has 0 amide bonds. The second-order valence-electron chi connectivity index (χ2n) is 7.15. The molecule has 4 rings (SSSR count). The molecule has 2 aromatic heterocycles. The van der Waals surface area contributed by atoms with Gasteiger partial charge in [0.05, 0.1) is 17.5 Å². The first-order chi connectivity index (χ1) is 12.7. The number of fused-ring (bicyclic) bond motifs is 1. The summed E-state index contributed by atoms with van der Waals surface area (Å²) in [7, 11) is 0. The molecule has 0 bridgehead atoms. The predicted octanol–water partition coefficient (Wildman–Crippen LogP) is 1.70. The number of aromatic nitrogens is 4. The zero-order valence-electron chi connectivity index (χ0n) is 14.8. The monoisotopic (exact) mass is 350 g/mol. The predicted molar refractivity (Wildman–Crippen MR) is 96.8 cm³/mol. The van der Waals surface area contributed by atoms with Gasteiger partial charge in [0, 0.05) is 25.7 Å². The molecule has 0 N–H and O–H groups in total. The minimum atomic E-state index is 0.0220. The van der Waals surface area contributed by atoms with Crippen molar-refractivity contribution in [2.45, 2.75) is 45.1 Å². The smallest absolute Gasteiger partial charge is 0.267 e. The topological polar surface area (TPSA) is 87.7 Å². The zero-order chi connectivity index (χ0) is 17.9. The molecule has 1 aliphatic carbocycles. The van der Waals surface area contributed by atoms with Crippen molar-refractivity contribution in [3.63, 3.8) is 0 Å². The largest absolute Gasteiger partial charge is 0.354 e. The van der Waals surface area contributed by atoms with Crippen LogP contribution in [0.25, 0.3) is 0 Å². The van der Waals surface area contributed by atoms with Crippen LogP contribution in [0, 0.1) is 17.2 Å². The van der Waals surface area contributed by atoms with E-state index in [1.54, 1.807) is 23.0 Å². The lowest BCUT2D eigenvalue weighted by Crippen LogP contribution is -2.38. The van der Waals surface area contributed by atoms with E-state index in [4.69, 9.17) is 0 Å². The van der Waals surface area contributed by atoms with Crippen LogP contribution in [-0.2, 0) is 19.4 Å². The minimum absolute atomic E-state index is 0.0220. The summed E-state index contributed by atoms with van der Waals surface area (Å²) in [5.41, 5.74) is 2.82. The molecule has 7 nitrogen and oxygen atoms in total. The van der Waals surface area contributed by atoms with Crippen molar-refractivity contribution in [1.82, 2.24) is 20.0 Å². The molecule has 0 radical (unpaired) electrons. The molecule has 3 heterocycles. The Morgan fingerprint density at radius 2 is 2.04 bits per heavy atom. The molecule has 0 saturated carbocycles. The standard InChI is InChI=1S/C19H22N6O/c20-12-16-5-8-21-22-19(16)24-9-6-14(7-10-24)13-25-18(26)11-15-3-1-2-4-17(15)23-25/h5,8,11,14H,1-4,6-7,9-10,13H2. The van der Waals surface area contributed by atoms with Crippen LogP contribution in [0.15, 0.2) is 23.1 Å². The van der Waals surface area contributed by atoms with E-state index in [0.29, 0.717) is 23.8 Å². The highest BCUT2D eigenvalue weighted by molar-refractivity contribution is 5.52. The van der Waals surface area contributed by atoms with E-state index in [9.17, 15) is 10.1 Å². The number of nitrogens with zero attached hydrogens (tertiary/aromatic N) is 6. The van der Waals surface area contributed by atoms with Gasteiger partial charge in [-0.05, 0) is 56.1 Å². The highest BCUT2D eigenvalue weighted by Crippen LogP contribution is 2.24. The lowest BCUT2D eigenvalue weighted by molar-refractivity contribution is 0.331. The lowest BCUT2D eigenvalue weighted by Gasteiger charge is -2.32. The molecule has 2 aromatic rings. The average molecular weight is 350 g/mol. The number of hydrogen-bond donors (Lipinski definition) is 0. The van der Waals surface area contributed by atoms with Crippen LogP contribution in [0.2, 0.25) is 0 Å². The van der Waals surface area contributed by atoms with Crippen LogP contribution in [0.5, 0.6) is 0 Å². The molecule has 1 fully saturated rings. The minimum Gasteiger partial charge on any atom is -0.354 e. The summed E-state index contributed by atoms with van der Waals surface area (Å²) in [6.45, 7) is 2.31. The molecule has 1 aliphatic heterocycles. The van der Waals surface area contributed by atoms with E-state index in [2.05, 4.69) is 26.3 Å². The first-order valence-corrected chi connectivity index (χ1v) is 9.31. The van der Waals surface area contributed by atoms with Gasteiger partial charge in [0.2, 0.25) is 0 Å². The Labute approximate surface area is 152 Å². The number of rotatable bonds is 3. The molecule has 0 atom stereocenters. The second kappa shape index (κ2) is 7.24. The van der Waals surface area contributed by atoms with Gasteiger partial charge in [-0.2, -0.15) is 15.5 Å². The molecule has 0 spiro atoms. The molecule has 26 heavy (non-hydrogen) atoms. The summed E-state index contributed by atoms with van der Waals surface area (Å²) < 4.78 is 1.66. The van der Waals surface area contributed by atoms with Crippen LogP contribution in [0.3, 0.4) is 0 Å². The Bertz CT molecular complexity index is 892. The third-order valence-corrected chi connectivity index (χ3v) is 5.44. The van der Waals surface area contributed by atoms with Crippen LogP contribution >= 0.6 is 0 Å². The fourth-order valence-corrected chi connectivity index (χ4v) is 3.95. The van der Waals surface area contributed by atoms with Gasteiger partial charge in [-0.1, -0.05) is 0 Å². The Kier molecular flexibility index (Phi) is 4.65. The molecule has 2 aliphatic rings. The Hall–Kier alpha value is -2.75. The number of piperidine rings is 1. The average Bonchev–Trinajstić information content (AvgIpc) is 2.69. The Balaban J connectivity index is 1.43. The highest BCUT2D eigenvalue weighted by Gasteiger charge is 2.23. The molecule has 134 valence electrons. The summed E-state index contributed by atoms with van der Waals surface area (Å²) in [5, 5.41) is 21.9. The van der Waals surface area contributed by atoms with E-state index in [-0.39, 0.29) is 5.56 Å². The van der Waals surface area contributed by atoms with Crippen molar-refractivity contribution in [3.05, 3.63) is 45.5 Å². The van der Waals surface area contributed by atoms with Crippen LogP contribution in [0.4, 0.5) is 5.82 Å². The maximum absolute atomic E-state index is 12.4. The summed E-state index contributed by atoms with van der Waals surface area (Å²) in [6, 6.07) is 5.67. The summed E-state index contributed by atoms with van der Waals surface area (Å²) in [5.74, 6) is 1.08. The number of hydrogen-bond acceptors (Lipinski definition) is 6. The van der Waals surface area contributed by atoms with Crippen molar-refractivity contribution in [1.29, 1.82) is 5.26 Å². The van der Waals surface area contributed by atoms with Gasteiger partial charge in [0.1, 0.15) is 6.07 Å². The second-order valence-corrected chi connectivity index (χ2v) is 7.15. The van der Waals surface area contributed by atoms with E-state index in [0.717, 1.165) is 62.9 Å². The fraction of sp³-hybridized carbons (Fsp3) is 0.526. The molecule has 0 aromatic carbocycles. The zero-order valence-corrected chi connectivity index (χ0v) is 14.8.